The molecule has 1 aliphatic heterocycles. The highest BCUT2D eigenvalue weighted by Crippen LogP contribution is 2.47. The van der Waals surface area contributed by atoms with Crippen LogP contribution < -0.4 is 5.32 Å². The van der Waals surface area contributed by atoms with Crippen LogP contribution in [0.2, 0.25) is 0 Å². The van der Waals surface area contributed by atoms with Crippen molar-refractivity contribution in [3.63, 3.8) is 0 Å². The average molecular weight is 270 g/mol. The SMILES string of the molecule is O=C(N[C@@H]1CCN(C2CC2)C1)[C@@H]1C[C@@H]1c1ccccc1. The second-order valence-corrected chi connectivity index (χ2v) is 6.58. The lowest BCUT2D eigenvalue weighted by Gasteiger charge is -2.15. The molecule has 0 unspecified atom stereocenters. The minimum atomic E-state index is 0.215. The Hall–Kier alpha value is -1.35. The van der Waals surface area contributed by atoms with Gasteiger partial charge in [-0.15, -0.1) is 0 Å². The minimum absolute atomic E-state index is 0.215. The molecule has 20 heavy (non-hydrogen) atoms. The van der Waals surface area contributed by atoms with Crippen LogP contribution >= 0.6 is 0 Å². The van der Waals surface area contributed by atoms with Crippen molar-refractivity contribution in [2.24, 2.45) is 5.92 Å². The van der Waals surface area contributed by atoms with Gasteiger partial charge in [-0.2, -0.15) is 0 Å². The fourth-order valence-electron chi connectivity index (χ4n) is 3.54. The number of carbonyl (C=O) groups excluding carboxylic acids is 1. The first kappa shape index (κ1) is 12.4. The average Bonchev–Trinajstić information content (AvgIpc) is 3.39. The first-order chi connectivity index (χ1) is 9.81. The van der Waals surface area contributed by atoms with Gasteiger partial charge in [-0.05, 0) is 37.2 Å². The number of likely N-dealkylation sites (tertiary alicyclic amines) is 1. The van der Waals surface area contributed by atoms with Crippen LogP contribution in [0.15, 0.2) is 30.3 Å². The molecule has 106 valence electrons. The van der Waals surface area contributed by atoms with Gasteiger partial charge in [-0.25, -0.2) is 0 Å². The number of rotatable bonds is 4. The van der Waals surface area contributed by atoms with Gasteiger partial charge < -0.3 is 5.32 Å². The van der Waals surface area contributed by atoms with Crippen LogP contribution in [0.1, 0.15) is 37.2 Å². The summed E-state index contributed by atoms with van der Waals surface area (Å²) in [6, 6.07) is 11.7. The molecule has 1 heterocycles. The lowest BCUT2D eigenvalue weighted by Crippen LogP contribution is -2.38. The zero-order valence-electron chi connectivity index (χ0n) is 11.8. The molecule has 0 bridgehead atoms. The van der Waals surface area contributed by atoms with Crippen LogP contribution in [0.5, 0.6) is 0 Å². The molecule has 3 nitrogen and oxygen atoms in total. The van der Waals surface area contributed by atoms with E-state index < -0.39 is 0 Å². The summed E-state index contributed by atoms with van der Waals surface area (Å²) in [7, 11) is 0. The molecule has 3 aliphatic rings. The number of benzene rings is 1. The molecule has 0 spiro atoms. The molecule has 1 aromatic rings. The fourth-order valence-corrected chi connectivity index (χ4v) is 3.54. The molecular weight excluding hydrogens is 248 g/mol. The van der Waals surface area contributed by atoms with Crippen molar-refractivity contribution in [3.05, 3.63) is 35.9 Å². The van der Waals surface area contributed by atoms with Crippen molar-refractivity contribution < 1.29 is 4.79 Å². The number of nitrogens with one attached hydrogen (secondary N) is 1. The third-order valence-corrected chi connectivity index (χ3v) is 4.98. The number of hydrogen-bond donors (Lipinski definition) is 1. The molecule has 4 rings (SSSR count). The van der Waals surface area contributed by atoms with E-state index in [1.54, 1.807) is 0 Å². The number of nitrogens with zero attached hydrogens (tertiary/aromatic N) is 1. The normalized spacial score (nSPS) is 33.1. The first-order valence-electron chi connectivity index (χ1n) is 7.90. The highest BCUT2D eigenvalue weighted by Gasteiger charge is 2.45. The van der Waals surface area contributed by atoms with E-state index in [0.717, 1.165) is 25.4 Å². The second-order valence-electron chi connectivity index (χ2n) is 6.58. The zero-order chi connectivity index (χ0) is 13.5. The third kappa shape index (κ3) is 2.47. The highest BCUT2D eigenvalue weighted by atomic mass is 16.2. The van der Waals surface area contributed by atoms with Crippen LogP contribution in [-0.2, 0) is 4.79 Å². The molecule has 1 saturated heterocycles. The largest absolute Gasteiger partial charge is 0.352 e. The van der Waals surface area contributed by atoms with E-state index >= 15 is 0 Å². The maximum Gasteiger partial charge on any atom is 0.224 e. The summed E-state index contributed by atoms with van der Waals surface area (Å²) in [5, 5.41) is 3.27. The Morgan fingerprint density at radius 3 is 2.70 bits per heavy atom. The number of carbonyl (C=O) groups is 1. The van der Waals surface area contributed by atoms with Crippen LogP contribution in [0.4, 0.5) is 0 Å². The summed E-state index contributed by atoms with van der Waals surface area (Å²) < 4.78 is 0. The van der Waals surface area contributed by atoms with Crippen molar-refractivity contribution in [3.8, 4) is 0 Å². The quantitative estimate of drug-likeness (QED) is 0.909. The minimum Gasteiger partial charge on any atom is -0.352 e. The van der Waals surface area contributed by atoms with Gasteiger partial charge in [-0.1, -0.05) is 30.3 Å². The van der Waals surface area contributed by atoms with E-state index in [0.29, 0.717) is 12.0 Å². The van der Waals surface area contributed by atoms with Crippen LogP contribution in [0.3, 0.4) is 0 Å². The maximum atomic E-state index is 12.3. The van der Waals surface area contributed by atoms with Crippen molar-refractivity contribution in [1.82, 2.24) is 10.2 Å². The summed E-state index contributed by atoms with van der Waals surface area (Å²) in [5.41, 5.74) is 1.32. The van der Waals surface area contributed by atoms with E-state index in [2.05, 4.69) is 34.5 Å². The molecule has 3 heteroatoms. The Kier molecular flexibility index (Phi) is 3.03. The summed E-state index contributed by atoms with van der Waals surface area (Å²) in [5.74, 6) is 0.950. The van der Waals surface area contributed by atoms with Crippen molar-refractivity contribution >= 4 is 5.91 Å². The molecule has 3 fully saturated rings. The van der Waals surface area contributed by atoms with Crippen molar-refractivity contribution in [2.75, 3.05) is 13.1 Å². The fraction of sp³-hybridized carbons (Fsp3) is 0.588. The summed E-state index contributed by atoms with van der Waals surface area (Å²) in [6.07, 6.45) is 4.87. The second kappa shape index (κ2) is 4.88. The Balaban J connectivity index is 1.29. The number of hydrogen-bond acceptors (Lipinski definition) is 2. The summed E-state index contributed by atoms with van der Waals surface area (Å²) in [6.45, 7) is 2.24. The predicted octanol–water partition coefficient (Wildman–Crippen LogP) is 2.14. The highest BCUT2D eigenvalue weighted by molar-refractivity contribution is 5.83. The lowest BCUT2D eigenvalue weighted by molar-refractivity contribution is -0.123. The van der Waals surface area contributed by atoms with E-state index in [4.69, 9.17) is 0 Å². The van der Waals surface area contributed by atoms with Crippen LogP contribution in [0.25, 0.3) is 0 Å². The molecule has 1 aromatic carbocycles. The number of amides is 1. The molecule has 1 N–H and O–H groups in total. The molecule has 2 aliphatic carbocycles. The van der Waals surface area contributed by atoms with Crippen LogP contribution in [0, 0.1) is 5.92 Å². The predicted molar refractivity (Wildman–Crippen MR) is 78.4 cm³/mol. The Morgan fingerprint density at radius 1 is 1.15 bits per heavy atom. The summed E-state index contributed by atoms with van der Waals surface area (Å²) in [4.78, 5) is 14.9. The first-order valence-corrected chi connectivity index (χ1v) is 7.90. The van der Waals surface area contributed by atoms with E-state index in [9.17, 15) is 4.79 Å². The Labute approximate surface area is 120 Å². The van der Waals surface area contributed by atoms with Gasteiger partial charge in [0.25, 0.3) is 0 Å². The van der Waals surface area contributed by atoms with Crippen LogP contribution in [-0.4, -0.2) is 36.0 Å². The standard InChI is InChI=1S/C17H22N2O/c20-17(16-10-15(16)12-4-2-1-3-5-12)18-13-8-9-19(11-13)14-6-7-14/h1-5,13-16H,6-11H2,(H,18,20)/t13-,15-,16-/m1/s1. The van der Waals surface area contributed by atoms with Gasteiger partial charge in [0.15, 0.2) is 0 Å². The molecule has 1 amide bonds. The van der Waals surface area contributed by atoms with Gasteiger partial charge in [0.1, 0.15) is 0 Å². The zero-order valence-corrected chi connectivity index (χ0v) is 11.8. The molecule has 0 radical (unpaired) electrons. The van der Waals surface area contributed by atoms with Gasteiger partial charge in [0.2, 0.25) is 5.91 Å². The monoisotopic (exact) mass is 270 g/mol. The van der Waals surface area contributed by atoms with E-state index in [1.807, 2.05) is 6.07 Å². The van der Waals surface area contributed by atoms with Crippen molar-refractivity contribution in [1.29, 1.82) is 0 Å². The summed E-state index contributed by atoms with van der Waals surface area (Å²) >= 11 is 0. The van der Waals surface area contributed by atoms with Gasteiger partial charge in [0.05, 0.1) is 0 Å². The van der Waals surface area contributed by atoms with Gasteiger partial charge in [0, 0.05) is 31.1 Å². The maximum absolute atomic E-state index is 12.3. The Morgan fingerprint density at radius 2 is 1.95 bits per heavy atom. The Bertz CT molecular complexity index is 497. The third-order valence-electron chi connectivity index (χ3n) is 4.98. The molecule has 3 atom stereocenters. The van der Waals surface area contributed by atoms with Gasteiger partial charge in [-0.3, -0.25) is 9.69 Å². The smallest absolute Gasteiger partial charge is 0.224 e. The molecule has 2 saturated carbocycles. The van der Waals surface area contributed by atoms with Crippen molar-refractivity contribution in [2.45, 2.75) is 43.7 Å². The van der Waals surface area contributed by atoms with Gasteiger partial charge >= 0.3 is 0 Å². The molecular formula is C17H22N2O. The van der Waals surface area contributed by atoms with E-state index in [-0.39, 0.29) is 11.8 Å². The molecule has 0 aromatic heterocycles. The van der Waals surface area contributed by atoms with E-state index in [1.165, 1.54) is 24.9 Å². The lowest BCUT2D eigenvalue weighted by atomic mass is 10.1. The topological polar surface area (TPSA) is 32.3 Å².